The van der Waals surface area contributed by atoms with Gasteiger partial charge in [0.05, 0.1) is 47.3 Å². The first-order valence-electron chi connectivity index (χ1n) is 12.8. The molecular weight excluding hydrogens is 546 g/mol. The van der Waals surface area contributed by atoms with Crippen LogP contribution < -0.4 is 39.2 Å². The maximum Gasteiger partial charge on any atom is 0.343 e. The molecule has 12 nitrogen and oxygen atoms in total. The zero-order chi connectivity index (χ0) is 30.5. The molecule has 3 aromatic rings. The second kappa shape index (κ2) is 15.5. The van der Waals surface area contributed by atoms with Crippen LogP contribution in [0, 0.1) is 0 Å². The van der Waals surface area contributed by atoms with Crippen LogP contribution in [0.15, 0.2) is 59.7 Å². The Balaban J connectivity index is 1.42. The molecule has 0 saturated heterocycles. The highest BCUT2D eigenvalue weighted by atomic mass is 16.5. The number of carbonyl (C=O) groups excluding carboxylic acids is 3. The van der Waals surface area contributed by atoms with Crippen LogP contribution in [0.1, 0.15) is 39.1 Å². The lowest BCUT2D eigenvalue weighted by Crippen LogP contribution is -2.26. The van der Waals surface area contributed by atoms with Crippen LogP contribution in [0.4, 0.5) is 0 Å². The molecule has 12 heteroatoms. The topological polar surface area (TPSA) is 143 Å². The Bertz CT molecular complexity index is 1400. The molecule has 2 N–H and O–H groups in total. The number of rotatable bonds is 14. The molecule has 0 fully saturated rings. The standard InChI is InChI=1S/C30H33N3O9/c1-37-23-13-10-20(15-24(23)38-2)30(36)42-22-11-8-19(9-12-22)18-32-33-27(34)7-6-14-31-29(35)21-16-25(39-3)28(41-5)26(17-21)40-4/h8-13,15-18H,6-7,14H2,1-5H3,(H,31,35)(H,33,34). The molecular formula is C30H33N3O9. The highest BCUT2D eigenvalue weighted by molar-refractivity contribution is 5.95. The number of carbonyl (C=O) groups is 3. The number of benzene rings is 3. The molecule has 0 aliphatic heterocycles. The van der Waals surface area contributed by atoms with Crippen LogP contribution in [0.5, 0.6) is 34.5 Å². The monoisotopic (exact) mass is 579 g/mol. The minimum atomic E-state index is -0.552. The summed E-state index contributed by atoms with van der Waals surface area (Å²) in [5.41, 5.74) is 3.77. The summed E-state index contributed by atoms with van der Waals surface area (Å²) in [5.74, 6) is 1.17. The molecule has 2 amide bonds. The molecule has 0 radical (unpaired) electrons. The normalized spacial score (nSPS) is 10.5. The third-order valence-electron chi connectivity index (χ3n) is 5.91. The Hall–Kier alpha value is -5.26. The summed E-state index contributed by atoms with van der Waals surface area (Å²) < 4.78 is 31.6. The van der Waals surface area contributed by atoms with Crippen molar-refractivity contribution in [1.29, 1.82) is 0 Å². The van der Waals surface area contributed by atoms with Crippen molar-refractivity contribution in [3.8, 4) is 34.5 Å². The summed E-state index contributed by atoms with van der Waals surface area (Å²) in [7, 11) is 7.41. The van der Waals surface area contributed by atoms with E-state index in [2.05, 4.69) is 15.8 Å². The number of ether oxygens (including phenoxy) is 6. The van der Waals surface area contributed by atoms with Crippen molar-refractivity contribution >= 4 is 24.0 Å². The van der Waals surface area contributed by atoms with E-state index in [9.17, 15) is 14.4 Å². The van der Waals surface area contributed by atoms with E-state index < -0.39 is 5.97 Å². The van der Waals surface area contributed by atoms with Crippen LogP contribution >= 0.6 is 0 Å². The summed E-state index contributed by atoms with van der Waals surface area (Å²) >= 11 is 0. The predicted octanol–water partition coefficient (Wildman–Crippen LogP) is 3.61. The van der Waals surface area contributed by atoms with Crippen molar-refractivity contribution in [1.82, 2.24) is 10.7 Å². The SMILES string of the molecule is COc1ccc(C(=O)Oc2ccc(C=NNC(=O)CCCNC(=O)c3cc(OC)c(OC)c(OC)c3)cc2)cc1OC. The van der Waals surface area contributed by atoms with Gasteiger partial charge in [0.2, 0.25) is 11.7 Å². The van der Waals surface area contributed by atoms with Gasteiger partial charge in [-0.05, 0) is 66.6 Å². The van der Waals surface area contributed by atoms with Gasteiger partial charge in [0.15, 0.2) is 23.0 Å². The quantitative estimate of drug-likeness (QED) is 0.0963. The predicted molar refractivity (Wildman–Crippen MR) is 154 cm³/mol. The lowest BCUT2D eigenvalue weighted by molar-refractivity contribution is -0.121. The van der Waals surface area contributed by atoms with Crippen molar-refractivity contribution in [2.24, 2.45) is 5.10 Å². The fourth-order valence-electron chi connectivity index (χ4n) is 3.75. The molecule has 0 atom stereocenters. The zero-order valence-electron chi connectivity index (χ0n) is 24.0. The number of nitrogens with zero attached hydrogens (tertiary/aromatic N) is 1. The molecule has 0 unspecified atom stereocenters. The van der Waals surface area contributed by atoms with Crippen molar-refractivity contribution in [3.63, 3.8) is 0 Å². The third kappa shape index (κ3) is 8.37. The second-order valence-corrected chi connectivity index (χ2v) is 8.59. The maximum absolute atomic E-state index is 12.5. The number of esters is 1. The minimum Gasteiger partial charge on any atom is -0.493 e. The van der Waals surface area contributed by atoms with E-state index in [4.69, 9.17) is 28.4 Å². The van der Waals surface area contributed by atoms with Gasteiger partial charge in [0.1, 0.15) is 5.75 Å². The van der Waals surface area contributed by atoms with E-state index >= 15 is 0 Å². The zero-order valence-corrected chi connectivity index (χ0v) is 24.0. The molecule has 222 valence electrons. The molecule has 42 heavy (non-hydrogen) atoms. The Morgan fingerprint density at radius 1 is 0.738 bits per heavy atom. The summed E-state index contributed by atoms with van der Waals surface area (Å²) in [6, 6.07) is 14.4. The van der Waals surface area contributed by atoms with E-state index in [1.54, 1.807) is 48.5 Å². The first-order valence-corrected chi connectivity index (χ1v) is 12.8. The van der Waals surface area contributed by atoms with Crippen LogP contribution in [0.3, 0.4) is 0 Å². The number of nitrogens with one attached hydrogen (secondary N) is 2. The van der Waals surface area contributed by atoms with E-state index in [0.29, 0.717) is 57.6 Å². The number of hydrogen-bond donors (Lipinski definition) is 2. The Morgan fingerprint density at radius 2 is 1.36 bits per heavy atom. The van der Waals surface area contributed by atoms with E-state index in [1.165, 1.54) is 47.8 Å². The molecule has 0 bridgehead atoms. The third-order valence-corrected chi connectivity index (χ3v) is 5.91. The molecule has 0 saturated carbocycles. The molecule has 3 aromatic carbocycles. The first-order chi connectivity index (χ1) is 20.3. The largest absolute Gasteiger partial charge is 0.493 e. The van der Waals surface area contributed by atoms with E-state index in [1.807, 2.05) is 0 Å². The fraction of sp³-hybridized carbons (Fsp3) is 0.267. The van der Waals surface area contributed by atoms with Gasteiger partial charge in [0, 0.05) is 18.5 Å². The van der Waals surface area contributed by atoms with Gasteiger partial charge in [-0.1, -0.05) is 0 Å². The number of amides is 2. The van der Waals surface area contributed by atoms with Gasteiger partial charge >= 0.3 is 5.97 Å². The fourth-order valence-corrected chi connectivity index (χ4v) is 3.75. The Labute approximate surface area is 243 Å². The molecule has 0 aliphatic carbocycles. The van der Waals surface area contributed by atoms with Gasteiger partial charge in [0.25, 0.3) is 5.91 Å². The smallest absolute Gasteiger partial charge is 0.343 e. The van der Waals surface area contributed by atoms with Crippen molar-refractivity contribution in [3.05, 3.63) is 71.3 Å². The average molecular weight is 580 g/mol. The van der Waals surface area contributed by atoms with E-state index in [-0.39, 0.29) is 24.8 Å². The summed E-state index contributed by atoms with van der Waals surface area (Å²) in [6.45, 7) is 0.274. The summed E-state index contributed by atoms with van der Waals surface area (Å²) in [6.07, 6.45) is 2.01. The van der Waals surface area contributed by atoms with Crippen LogP contribution in [-0.2, 0) is 4.79 Å². The highest BCUT2D eigenvalue weighted by Crippen LogP contribution is 2.38. The van der Waals surface area contributed by atoms with Gasteiger partial charge in [-0.3, -0.25) is 9.59 Å². The highest BCUT2D eigenvalue weighted by Gasteiger charge is 2.17. The molecule has 0 aliphatic rings. The van der Waals surface area contributed by atoms with Crippen molar-refractivity contribution in [2.75, 3.05) is 42.1 Å². The molecule has 0 spiro atoms. The van der Waals surface area contributed by atoms with Gasteiger partial charge in [-0.25, -0.2) is 10.2 Å². The van der Waals surface area contributed by atoms with Crippen LogP contribution in [0.25, 0.3) is 0 Å². The van der Waals surface area contributed by atoms with Gasteiger partial charge < -0.3 is 33.7 Å². The second-order valence-electron chi connectivity index (χ2n) is 8.59. The molecule has 0 heterocycles. The molecule has 0 aromatic heterocycles. The summed E-state index contributed by atoms with van der Waals surface area (Å²) in [5, 5.41) is 6.71. The summed E-state index contributed by atoms with van der Waals surface area (Å²) in [4.78, 5) is 37.1. The minimum absolute atomic E-state index is 0.151. The van der Waals surface area contributed by atoms with Crippen LogP contribution in [0.2, 0.25) is 0 Å². The number of hydrazone groups is 1. The lowest BCUT2D eigenvalue weighted by Gasteiger charge is -2.14. The maximum atomic E-state index is 12.5. The number of methoxy groups -OCH3 is 5. The van der Waals surface area contributed by atoms with E-state index in [0.717, 1.165) is 0 Å². The molecule has 3 rings (SSSR count). The number of hydrogen-bond acceptors (Lipinski definition) is 10. The Kier molecular flexibility index (Phi) is 11.5. The Morgan fingerprint density at radius 3 is 1.95 bits per heavy atom. The average Bonchev–Trinajstić information content (AvgIpc) is 3.02. The lowest BCUT2D eigenvalue weighted by atomic mass is 10.1. The van der Waals surface area contributed by atoms with Crippen molar-refractivity contribution < 1.29 is 42.8 Å². The van der Waals surface area contributed by atoms with Gasteiger partial charge in [-0.15, -0.1) is 0 Å². The van der Waals surface area contributed by atoms with Gasteiger partial charge in [-0.2, -0.15) is 5.10 Å². The van der Waals surface area contributed by atoms with Crippen LogP contribution in [-0.4, -0.2) is 66.1 Å². The first kappa shape index (κ1) is 31.3. The van der Waals surface area contributed by atoms with Crippen molar-refractivity contribution in [2.45, 2.75) is 12.8 Å².